The molecule has 1 saturated carbocycles. The van der Waals surface area contributed by atoms with Crippen molar-refractivity contribution in [1.82, 2.24) is 5.32 Å². The minimum Gasteiger partial charge on any atom is -0.466 e. The SMILES string of the molecule is C=CCNC1CCCC(C(=O)OCC)C1. The van der Waals surface area contributed by atoms with Gasteiger partial charge in [-0.3, -0.25) is 4.79 Å². The molecule has 0 aromatic rings. The number of rotatable bonds is 5. The van der Waals surface area contributed by atoms with Crippen LogP contribution in [0.25, 0.3) is 0 Å². The van der Waals surface area contributed by atoms with Gasteiger partial charge in [0.2, 0.25) is 0 Å². The number of carbonyl (C=O) groups is 1. The van der Waals surface area contributed by atoms with Crippen molar-refractivity contribution in [3.63, 3.8) is 0 Å². The predicted molar refractivity (Wildman–Crippen MR) is 60.6 cm³/mol. The Morgan fingerprint density at radius 2 is 2.40 bits per heavy atom. The second kappa shape index (κ2) is 6.62. The van der Waals surface area contributed by atoms with Gasteiger partial charge in [-0.1, -0.05) is 12.5 Å². The summed E-state index contributed by atoms with van der Waals surface area (Å²) in [6, 6.07) is 0.450. The Hall–Kier alpha value is -0.830. The van der Waals surface area contributed by atoms with Crippen LogP contribution in [0.4, 0.5) is 0 Å². The fourth-order valence-corrected chi connectivity index (χ4v) is 2.10. The van der Waals surface area contributed by atoms with Crippen molar-refractivity contribution in [3.8, 4) is 0 Å². The Labute approximate surface area is 91.9 Å². The van der Waals surface area contributed by atoms with E-state index in [0.717, 1.165) is 32.2 Å². The van der Waals surface area contributed by atoms with Gasteiger partial charge >= 0.3 is 5.97 Å². The highest BCUT2D eigenvalue weighted by Crippen LogP contribution is 2.25. The van der Waals surface area contributed by atoms with Gasteiger partial charge in [-0.05, 0) is 26.2 Å². The number of hydrogen-bond acceptors (Lipinski definition) is 3. The van der Waals surface area contributed by atoms with Gasteiger partial charge < -0.3 is 10.1 Å². The summed E-state index contributed by atoms with van der Waals surface area (Å²) in [6.07, 6.45) is 6.01. The van der Waals surface area contributed by atoms with E-state index < -0.39 is 0 Å². The van der Waals surface area contributed by atoms with Crippen LogP contribution in [0.3, 0.4) is 0 Å². The van der Waals surface area contributed by atoms with Crippen molar-refractivity contribution < 1.29 is 9.53 Å². The van der Waals surface area contributed by atoms with E-state index in [2.05, 4.69) is 11.9 Å². The maximum absolute atomic E-state index is 11.5. The van der Waals surface area contributed by atoms with Crippen molar-refractivity contribution >= 4 is 5.97 Å². The smallest absolute Gasteiger partial charge is 0.308 e. The monoisotopic (exact) mass is 211 g/mol. The molecule has 0 aromatic carbocycles. The second-order valence-corrected chi connectivity index (χ2v) is 4.01. The summed E-state index contributed by atoms with van der Waals surface area (Å²) in [4.78, 5) is 11.5. The molecule has 0 bridgehead atoms. The van der Waals surface area contributed by atoms with Crippen LogP contribution in [0.5, 0.6) is 0 Å². The third kappa shape index (κ3) is 4.04. The van der Waals surface area contributed by atoms with Crippen LogP contribution in [-0.4, -0.2) is 25.2 Å². The Balaban J connectivity index is 2.34. The average Bonchev–Trinajstić information content (AvgIpc) is 2.27. The second-order valence-electron chi connectivity index (χ2n) is 4.01. The van der Waals surface area contributed by atoms with E-state index in [1.807, 2.05) is 13.0 Å². The number of esters is 1. The van der Waals surface area contributed by atoms with Crippen molar-refractivity contribution in [2.75, 3.05) is 13.2 Å². The van der Waals surface area contributed by atoms with E-state index in [1.54, 1.807) is 0 Å². The van der Waals surface area contributed by atoms with Crippen LogP contribution in [0, 0.1) is 5.92 Å². The molecule has 2 atom stereocenters. The van der Waals surface area contributed by atoms with Crippen molar-refractivity contribution in [2.45, 2.75) is 38.6 Å². The Morgan fingerprint density at radius 3 is 3.07 bits per heavy atom. The van der Waals surface area contributed by atoms with Gasteiger partial charge in [0.25, 0.3) is 0 Å². The maximum Gasteiger partial charge on any atom is 0.308 e. The fraction of sp³-hybridized carbons (Fsp3) is 0.750. The summed E-state index contributed by atoms with van der Waals surface area (Å²) in [5, 5.41) is 3.37. The lowest BCUT2D eigenvalue weighted by molar-refractivity contribution is -0.149. The molecule has 0 aliphatic heterocycles. The minimum atomic E-state index is -0.0254. The third-order valence-corrected chi connectivity index (χ3v) is 2.85. The summed E-state index contributed by atoms with van der Waals surface area (Å²) in [5.74, 6) is 0.0728. The minimum absolute atomic E-state index is 0.0254. The molecule has 0 radical (unpaired) electrons. The zero-order valence-corrected chi connectivity index (χ0v) is 9.50. The molecule has 0 heterocycles. The molecule has 0 amide bonds. The topological polar surface area (TPSA) is 38.3 Å². The summed E-state index contributed by atoms with van der Waals surface area (Å²) in [6.45, 7) is 6.84. The standard InChI is InChI=1S/C12H21NO2/c1-3-8-13-11-7-5-6-10(9-11)12(14)15-4-2/h3,10-11,13H,1,4-9H2,2H3. The molecule has 3 nitrogen and oxygen atoms in total. The van der Waals surface area contributed by atoms with E-state index in [-0.39, 0.29) is 11.9 Å². The van der Waals surface area contributed by atoms with E-state index in [4.69, 9.17) is 4.74 Å². The molecule has 1 aliphatic rings. The number of carbonyl (C=O) groups excluding carboxylic acids is 1. The Bertz CT molecular complexity index is 216. The van der Waals surface area contributed by atoms with Gasteiger partial charge in [-0.15, -0.1) is 6.58 Å². The molecular formula is C12H21NO2. The molecule has 15 heavy (non-hydrogen) atoms. The van der Waals surface area contributed by atoms with Gasteiger partial charge in [-0.2, -0.15) is 0 Å². The lowest BCUT2D eigenvalue weighted by Crippen LogP contribution is -2.36. The molecule has 0 aromatic heterocycles. The number of hydrogen-bond donors (Lipinski definition) is 1. The fourth-order valence-electron chi connectivity index (χ4n) is 2.10. The molecule has 86 valence electrons. The number of nitrogens with one attached hydrogen (secondary N) is 1. The first-order chi connectivity index (χ1) is 7.27. The van der Waals surface area contributed by atoms with Crippen LogP contribution < -0.4 is 5.32 Å². The van der Waals surface area contributed by atoms with Crippen LogP contribution in [0.15, 0.2) is 12.7 Å². The maximum atomic E-state index is 11.5. The van der Waals surface area contributed by atoms with E-state index in [9.17, 15) is 4.79 Å². The third-order valence-electron chi connectivity index (χ3n) is 2.85. The van der Waals surface area contributed by atoms with Crippen molar-refractivity contribution in [1.29, 1.82) is 0 Å². The van der Waals surface area contributed by atoms with Crippen LogP contribution >= 0.6 is 0 Å². The molecule has 0 saturated heterocycles. The van der Waals surface area contributed by atoms with Crippen LogP contribution in [-0.2, 0) is 9.53 Å². The van der Waals surface area contributed by atoms with Gasteiger partial charge in [0.15, 0.2) is 0 Å². The summed E-state index contributed by atoms with van der Waals surface area (Å²) in [5.41, 5.74) is 0. The lowest BCUT2D eigenvalue weighted by Gasteiger charge is -2.28. The van der Waals surface area contributed by atoms with Gasteiger partial charge in [-0.25, -0.2) is 0 Å². The first-order valence-corrected chi connectivity index (χ1v) is 5.78. The zero-order valence-electron chi connectivity index (χ0n) is 9.50. The van der Waals surface area contributed by atoms with Crippen LogP contribution in [0.1, 0.15) is 32.6 Å². The molecule has 1 N–H and O–H groups in total. The number of ether oxygens (including phenoxy) is 1. The molecule has 1 fully saturated rings. The van der Waals surface area contributed by atoms with E-state index in [0.29, 0.717) is 12.6 Å². The van der Waals surface area contributed by atoms with Gasteiger partial charge in [0, 0.05) is 12.6 Å². The normalized spacial score (nSPS) is 25.9. The largest absolute Gasteiger partial charge is 0.466 e. The predicted octanol–water partition coefficient (Wildman–Crippen LogP) is 1.88. The molecule has 0 spiro atoms. The summed E-state index contributed by atoms with van der Waals surface area (Å²) < 4.78 is 5.05. The van der Waals surface area contributed by atoms with Gasteiger partial charge in [0.1, 0.15) is 0 Å². The van der Waals surface area contributed by atoms with Gasteiger partial charge in [0.05, 0.1) is 12.5 Å². The average molecular weight is 211 g/mol. The summed E-state index contributed by atoms with van der Waals surface area (Å²) >= 11 is 0. The van der Waals surface area contributed by atoms with Crippen molar-refractivity contribution in [2.24, 2.45) is 5.92 Å². The zero-order chi connectivity index (χ0) is 11.1. The first-order valence-electron chi connectivity index (χ1n) is 5.78. The molecule has 2 unspecified atom stereocenters. The van der Waals surface area contributed by atoms with E-state index in [1.165, 1.54) is 0 Å². The van der Waals surface area contributed by atoms with E-state index >= 15 is 0 Å². The highest BCUT2D eigenvalue weighted by atomic mass is 16.5. The highest BCUT2D eigenvalue weighted by molar-refractivity contribution is 5.72. The first kappa shape index (κ1) is 12.2. The Kier molecular flexibility index (Phi) is 5.40. The Morgan fingerprint density at radius 1 is 1.60 bits per heavy atom. The molecule has 1 aliphatic carbocycles. The lowest BCUT2D eigenvalue weighted by atomic mass is 9.86. The molecule has 1 rings (SSSR count). The quantitative estimate of drug-likeness (QED) is 0.557. The molecule has 3 heteroatoms. The summed E-state index contributed by atoms with van der Waals surface area (Å²) in [7, 11) is 0. The highest BCUT2D eigenvalue weighted by Gasteiger charge is 2.27. The molecular weight excluding hydrogens is 190 g/mol. The van der Waals surface area contributed by atoms with Crippen molar-refractivity contribution in [3.05, 3.63) is 12.7 Å². The van der Waals surface area contributed by atoms with Crippen LogP contribution in [0.2, 0.25) is 0 Å².